The van der Waals surface area contributed by atoms with Crippen molar-refractivity contribution in [2.45, 2.75) is 32.4 Å². The van der Waals surface area contributed by atoms with E-state index in [1.54, 1.807) is 18.1 Å². The van der Waals surface area contributed by atoms with Crippen LogP contribution in [0.2, 0.25) is 5.02 Å². The Morgan fingerprint density at radius 2 is 2.14 bits per heavy atom. The molecule has 1 fully saturated rings. The van der Waals surface area contributed by atoms with E-state index in [0.717, 1.165) is 12.1 Å². The maximum Gasteiger partial charge on any atom is 0.410 e. The third kappa shape index (κ3) is 3.84. The normalized spacial score (nSPS) is 19.0. The molecule has 0 bridgehead atoms. The van der Waals surface area contributed by atoms with Gasteiger partial charge in [-0.15, -0.1) is 0 Å². The van der Waals surface area contributed by atoms with Crippen LogP contribution in [0, 0.1) is 0 Å². The molecule has 5 nitrogen and oxygen atoms in total. The van der Waals surface area contributed by atoms with Crippen molar-refractivity contribution in [3.05, 3.63) is 28.8 Å². The molecule has 1 saturated heterocycles. The van der Waals surface area contributed by atoms with Gasteiger partial charge in [0, 0.05) is 25.2 Å². The van der Waals surface area contributed by atoms with E-state index in [1.165, 1.54) is 0 Å². The molecule has 0 aromatic heterocycles. The fourth-order valence-electron chi connectivity index (χ4n) is 2.52. The summed E-state index contributed by atoms with van der Waals surface area (Å²) in [7, 11) is 1.58. The summed E-state index contributed by atoms with van der Waals surface area (Å²) in [6.07, 6.45) is -0.318. The highest BCUT2D eigenvalue weighted by molar-refractivity contribution is 6.32. The summed E-state index contributed by atoms with van der Waals surface area (Å²) in [6, 6.07) is 5.40. The van der Waals surface area contributed by atoms with Gasteiger partial charge in [0.1, 0.15) is 11.4 Å². The van der Waals surface area contributed by atoms with Crippen LogP contribution in [0.15, 0.2) is 18.2 Å². The third-order valence-electron chi connectivity index (χ3n) is 3.43. The Labute approximate surface area is 136 Å². The highest BCUT2D eigenvalue weighted by Crippen LogP contribution is 2.36. The minimum absolute atomic E-state index is 0.169. The summed E-state index contributed by atoms with van der Waals surface area (Å²) >= 11 is 6.20. The zero-order valence-corrected chi connectivity index (χ0v) is 14.2. The molecule has 1 unspecified atom stereocenters. The Bertz CT molecular complexity index is 543. The Morgan fingerprint density at radius 1 is 1.41 bits per heavy atom. The lowest BCUT2D eigenvalue weighted by Crippen LogP contribution is -2.50. The van der Waals surface area contributed by atoms with Gasteiger partial charge in [-0.05, 0) is 26.8 Å². The summed E-state index contributed by atoms with van der Waals surface area (Å²) in [5.74, 6) is 0.603. The predicted molar refractivity (Wildman–Crippen MR) is 86.6 cm³/mol. The molecule has 0 aliphatic carbocycles. The average molecular weight is 327 g/mol. The summed E-state index contributed by atoms with van der Waals surface area (Å²) in [5, 5.41) is 3.84. The number of hydrogen-bond acceptors (Lipinski definition) is 4. The maximum absolute atomic E-state index is 12.5. The SMILES string of the molecule is COc1c(Cl)cccc1C1CNCCN1C(=O)OC(C)(C)C. The Hall–Kier alpha value is -1.46. The van der Waals surface area contributed by atoms with Crippen LogP contribution in [0.5, 0.6) is 5.75 Å². The minimum Gasteiger partial charge on any atom is -0.495 e. The standard InChI is InChI=1S/C16H23ClN2O3/c1-16(2,3)22-15(20)19-9-8-18-10-13(19)11-6-5-7-12(17)14(11)21-4/h5-7,13,18H,8-10H2,1-4H3. The number of nitrogens with zero attached hydrogens (tertiary/aromatic N) is 1. The highest BCUT2D eigenvalue weighted by atomic mass is 35.5. The zero-order chi connectivity index (χ0) is 16.3. The first-order valence-electron chi connectivity index (χ1n) is 7.36. The summed E-state index contributed by atoms with van der Waals surface area (Å²) in [6.45, 7) is 7.54. The first-order chi connectivity index (χ1) is 10.3. The number of piperazine rings is 1. The number of para-hydroxylation sites is 1. The second-order valence-electron chi connectivity index (χ2n) is 6.26. The molecule has 0 radical (unpaired) electrons. The number of amides is 1. The molecular weight excluding hydrogens is 304 g/mol. The number of methoxy groups -OCH3 is 1. The molecule has 1 atom stereocenters. The Kier molecular flexibility index (Phi) is 5.19. The molecular formula is C16H23ClN2O3. The van der Waals surface area contributed by atoms with Crippen LogP contribution in [-0.2, 0) is 4.74 Å². The number of carbonyl (C=O) groups excluding carboxylic acids is 1. The van der Waals surface area contributed by atoms with Crippen molar-refractivity contribution in [3.63, 3.8) is 0 Å². The lowest BCUT2D eigenvalue weighted by molar-refractivity contribution is 0.0116. The minimum atomic E-state index is -0.523. The lowest BCUT2D eigenvalue weighted by atomic mass is 10.0. The van der Waals surface area contributed by atoms with Crippen molar-refractivity contribution in [1.29, 1.82) is 0 Å². The molecule has 1 aliphatic rings. The molecule has 1 aliphatic heterocycles. The van der Waals surface area contributed by atoms with Crippen LogP contribution in [0.25, 0.3) is 0 Å². The van der Waals surface area contributed by atoms with Crippen LogP contribution < -0.4 is 10.1 Å². The van der Waals surface area contributed by atoms with E-state index in [9.17, 15) is 4.79 Å². The second-order valence-corrected chi connectivity index (χ2v) is 6.66. The fraction of sp³-hybridized carbons (Fsp3) is 0.562. The van der Waals surface area contributed by atoms with Gasteiger partial charge in [-0.25, -0.2) is 4.79 Å². The molecule has 2 rings (SSSR count). The van der Waals surface area contributed by atoms with Gasteiger partial charge in [0.2, 0.25) is 0 Å². The van der Waals surface area contributed by atoms with Gasteiger partial charge in [0.05, 0.1) is 18.2 Å². The highest BCUT2D eigenvalue weighted by Gasteiger charge is 2.33. The van der Waals surface area contributed by atoms with Gasteiger partial charge < -0.3 is 14.8 Å². The van der Waals surface area contributed by atoms with Crippen molar-refractivity contribution in [2.75, 3.05) is 26.7 Å². The number of halogens is 1. The van der Waals surface area contributed by atoms with Gasteiger partial charge in [-0.1, -0.05) is 23.7 Å². The zero-order valence-electron chi connectivity index (χ0n) is 13.5. The maximum atomic E-state index is 12.5. The number of hydrogen-bond donors (Lipinski definition) is 1. The molecule has 1 amide bonds. The lowest BCUT2D eigenvalue weighted by Gasteiger charge is -2.37. The van der Waals surface area contributed by atoms with Crippen molar-refractivity contribution < 1.29 is 14.3 Å². The van der Waals surface area contributed by atoms with E-state index in [4.69, 9.17) is 21.1 Å². The van der Waals surface area contributed by atoms with E-state index in [0.29, 0.717) is 23.9 Å². The third-order valence-corrected chi connectivity index (χ3v) is 3.73. The van der Waals surface area contributed by atoms with E-state index in [-0.39, 0.29) is 12.1 Å². The molecule has 1 aromatic rings. The second kappa shape index (κ2) is 6.75. The molecule has 0 saturated carbocycles. The molecule has 22 heavy (non-hydrogen) atoms. The van der Waals surface area contributed by atoms with Crippen molar-refractivity contribution in [2.24, 2.45) is 0 Å². The summed E-state index contributed by atoms with van der Waals surface area (Å²) in [4.78, 5) is 14.2. The van der Waals surface area contributed by atoms with Crippen LogP contribution in [-0.4, -0.2) is 43.3 Å². The quantitative estimate of drug-likeness (QED) is 0.906. The predicted octanol–water partition coefficient (Wildman–Crippen LogP) is 3.23. The first-order valence-corrected chi connectivity index (χ1v) is 7.74. The number of ether oxygens (including phenoxy) is 2. The van der Waals surface area contributed by atoms with Crippen molar-refractivity contribution in [3.8, 4) is 5.75 Å². The number of rotatable bonds is 2. The van der Waals surface area contributed by atoms with Gasteiger partial charge >= 0.3 is 6.09 Å². The van der Waals surface area contributed by atoms with E-state index in [2.05, 4.69) is 5.32 Å². The molecule has 122 valence electrons. The van der Waals surface area contributed by atoms with E-state index < -0.39 is 5.60 Å². The number of benzene rings is 1. The van der Waals surface area contributed by atoms with Gasteiger partial charge in [-0.3, -0.25) is 4.90 Å². The molecule has 6 heteroatoms. The Morgan fingerprint density at radius 3 is 2.77 bits per heavy atom. The molecule has 1 N–H and O–H groups in total. The summed E-state index contributed by atoms with van der Waals surface area (Å²) in [5.41, 5.74) is 0.360. The number of nitrogens with one attached hydrogen (secondary N) is 1. The topological polar surface area (TPSA) is 50.8 Å². The smallest absolute Gasteiger partial charge is 0.410 e. The monoisotopic (exact) mass is 326 g/mol. The van der Waals surface area contributed by atoms with Crippen molar-refractivity contribution in [1.82, 2.24) is 10.2 Å². The molecule has 1 aromatic carbocycles. The van der Waals surface area contributed by atoms with E-state index in [1.807, 2.05) is 32.9 Å². The van der Waals surface area contributed by atoms with Crippen LogP contribution in [0.4, 0.5) is 4.79 Å². The van der Waals surface area contributed by atoms with Crippen LogP contribution in [0.3, 0.4) is 0 Å². The fourth-order valence-corrected chi connectivity index (χ4v) is 2.78. The largest absolute Gasteiger partial charge is 0.495 e. The average Bonchev–Trinajstić information content (AvgIpc) is 2.45. The van der Waals surface area contributed by atoms with Gasteiger partial charge in [0.15, 0.2) is 0 Å². The van der Waals surface area contributed by atoms with Crippen LogP contribution in [0.1, 0.15) is 32.4 Å². The molecule has 1 heterocycles. The summed E-state index contributed by atoms with van der Waals surface area (Å²) < 4.78 is 10.9. The van der Waals surface area contributed by atoms with Gasteiger partial charge in [-0.2, -0.15) is 0 Å². The first kappa shape index (κ1) is 16.9. The van der Waals surface area contributed by atoms with Gasteiger partial charge in [0.25, 0.3) is 0 Å². The van der Waals surface area contributed by atoms with E-state index >= 15 is 0 Å². The molecule has 0 spiro atoms. The Balaban J connectivity index is 2.31. The van der Waals surface area contributed by atoms with Crippen LogP contribution >= 0.6 is 11.6 Å². The van der Waals surface area contributed by atoms with Crippen molar-refractivity contribution >= 4 is 17.7 Å². The number of carbonyl (C=O) groups is 1.